The van der Waals surface area contributed by atoms with Crippen LogP contribution in [0.5, 0.6) is 11.5 Å². The van der Waals surface area contributed by atoms with Crippen LogP contribution >= 0.6 is 31.9 Å². The van der Waals surface area contributed by atoms with Gasteiger partial charge in [-0.3, -0.25) is 0 Å². The van der Waals surface area contributed by atoms with Crippen LogP contribution in [0.25, 0.3) is 0 Å². The molecule has 0 aromatic heterocycles. The minimum absolute atomic E-state index is 0.144. The van der Waals surface area contributed by atoms with Gasteiger partial charge >= 0.3 is 0 Å². The van der Waals surface area contributed by atoms with Crippen molar-refractivity contribution in [2.45, 2.75) is 0 Å². The number of rotatable bonds is 0. The average molecular weight is 318 g/mol. The van der Waals surface area contributed by atoms with E-state index in [2.05, 4.69) is 31.9 Å². The van der Waals surface area contributed by atoms with Crippen molar-refractivity contribution in [3.63, 3.8) is 0 Å². The van der Waals surface area contributed by atoms with Gasteiger partial charge in [-0.05, 0) is 31.9 Å². The largest absolute Gasteiger partial charge is 0.505 e. The van der Waals surface area contributed by atoms with Crippen molar-refractivity contribution in [2.24, 2.45) is 0 Å². The molecule has 0 heterocycles. The summed E-state index contributed by atoms with van der Waals surface area (Å²) >= 11 is 5.94. The number of phenolic OH excluding ortho intramolecular Hbond substituents is 2. The molecule has 4 nitrogen and oxygen atoms in total. The molecule has 0 spiro atoms. The van der Waals surface area contributed by atoms with Gasteiger partial charge in [-0.25, -0.2) is 0 Å². The fourth-order valence-electron chi connectivity index (χ4n) is 0.882. The van der Waals surface area contributed by atoms with Crippen molar-refractivity contribution in [1.82, 2.24) is 0 Å². The zero-order valence-electron chi connectivity index (χ0n) is 6.54. The summed E-state index contributed by atoms with van der Waals surface area (Å²) in [6.45, 7) is 0. The molecule has 0 bridgehead atoms. The molecule has 0 saturated heterocycles. The first-order valence-corrected chi connectivity index (χ1v) is 4.86. The Morgan fingerprint density at radius 1 is 0.857 bits per heavy atom. The van der Waals surface area contributed by atoms with Gasteiger partial charge in [0.2, 0.25) is 0 Å². The lowest BCUT2D eigenvalue weighted by Crippen LogP contribution is -1.89. The fourth-order valence-corrected chi connectivity index (χ4v) is 1.65. The van der Waals surface area contributed by atoms with Gasteiger partial charge in [0.1, 0.15) is 34.8 Å². The van der Waals surface area contributed by atoms with Crippen LogP contribution in [0.4, 0.5) is 0 Å². The number of nitrogens with zero attached hydrogens (tertiary/aromatic N) is 2. The summed E-state index contributed by atoms with van der Waals surface area (Å²) in [5.41, 5.74) is -0.500. The summed E-state index contributed by atoms with van der Waals surface area (Å²) in [5.74, 6) is -0.734. The Labute approximate surface area is 96.3 Å². The first-order valence-electron chi connectivity index (χ1n) is 3.27. The third-order valence-corrected chi connectivity index (χ3v) is 3.63. The number of phenols is 2. The molecule has 1 aromatic rings. The molecule has 0 aliphatic heterocycles. The van der Waals surface area contributed by atoms with Gasteiger partial charge in [-0.2, -0.15) is 10.5 Å². The van der Waals surface area contributed by atoms with E-state index in [0.29, 0.717) is 0 Å². The Morgan fingerprint density at radius 2 is 1.14 bits per heavy atom. The monoisotopic (exact) mass is 316 g/mol. The molecule has 0 amide bonds. The van der Waals surface area contributed by atoms with E-state index in [1.807, 2.05) is 0 Å². The van der Waals surface area contributed by atoms with E-state index in [1.54, 1.807) is 12.1 Å². The molecule has 70 valence electrons. The highest BCUT2D eigenvalue weighted by Gasteiger charge is 2.20. The zero-order valence-corrected chi connectivity index (χ0v) is 9.72. The van der Waals surface area contributed by atoms with Crippen LogP contribution in [0.1, 0.15) is 11.1 Å². The van der Waals surface area contributed by atoms with E-state index < -0.39 is 0 Å². The van der Waals surface area contributed by atoms with Crippen LogP contribution < -0.4 is 0 Å². The van der Waals surface area contributed by atoms with E-state index >= 15 is 0 Å². The van der Waals surface area contributed by atoms with E-state index in [-0.39, 0.29) is 31.6 Å². The molecule has 0 aliphatic carbocycles. The van der Waals surface area contributed by atoms with Gasteiger partial charge < -0.3 is 10.2 Å². The van der Waals surface area contributed by atoms with Gasteiger partial charge in [-0.1, -0.05) is 0 Å². The molecule has 2 N–H and O–H groups in total. The maximum absolute atomic E-state index is 9.45. The number of halogens is 2. The van der Waals surface area contributed by atoms with Crippen LogP contribution in [-0.2, 0) is 0 Å². The van der Waals surface area contributed by atoms with Gasteiger partial charge in [0.05, 0.1) is 8.95 Å². The number of benzene rings is 1. The van der Waals surface area contributed by atoms with Crippen molar-refractivity contribution in [3.8, 4) is 23.6 Å². The van der Waals surface area contributed by atoms with Crippen LogP contribution in [0.3, 0.4) is 0 Å². The van der Waals surface area contributed by atoms with Crippen molar-refractivity contribution < 1.29 is 10.2 Å². The summed E-state index contributed by atoms with van der Waals surface area (Å²) in [4.78, 5) is 0. The molecule has 6 heteroatoms. The third-order valence-electron chi connectivity index (χ3n) is 1.56. The zero-order chi connectivity index (χ0) is 10.9. The quantitative estimate of drug-likeness (QED) is 0.719. The maximum atomic E-state index is 9.45. The summed E-state index contributed by atoms with van der Waals surface area (Å²) in [6, 6.07) is 3.28. The smallest absolute Gasteiger partial charge is 0.150 e. The number of hydrogen-bond acceptors (Lipinski definition) is 4. The molecule has 1 aromatic carbocycles. The van der Waals surface area contributed by atoms with E-state index in [9.17, 15) is 10.2 Å². The Kier molecular flexibility index (Phi) is 3.00. The van der Waals surface area contributed by atoms with Crippen LogP contribution in [0.2, 0.25) is 0 Å². The normalized spacial score (nSPS) is 9.14. The van der Waals surface area contributed by atoms with Crippen LogP contribution in [-0.4, -0.2) is 10.2 Å². The fraction of sp³-hybridized carbons (Fsp3) is 0. The number of nitriles is 2. The summed E-state index contributed by atoms with van der Waals surface area (Å²) in [7, 11) is 0. The molecule has 0 saturated carbocycles. The molecular formula is C8H2Br2N2O2. The highest BCUT2D eigenvalue weighted by molar-refractivity contribution is 9.13. The minimum atomic E-state index is -0.367. The number of aromatic hydroxyl groups is 2. The molecule has 14 heavy (non-hydrogen) atoms. The Morgan fingerprint density at radius 3 is 1.36 bits per heavy atom. The summed E-state index contributed by atoms with van der Waals surface area (Å²) in [5, 5.41) is 36.2. The molecule has 0 unspecified atom stereocenters. The molecule has 1 rings (SSSR count). The second-order valence-corrected chi connectivity index (χ2v) is 3.88. The minimum Gasteiger partial charge on any atom is -0.505 e. The van der Waals surface area contributed by atoms with E-state index in [1.165, 1.54) is 0 Å². The second-order valence-electron chi connectivity index (χ2n) is 2.30. The summed E-state index contributed by atoms with van der Waals surface area (Å²) < 4.78 is 0.288. The average Bonchev–Trinajstić information content (AvgIpc) is 2.20. The number of hydrogen-bond donors (Lipinski definition) is 2. The lowest BCUT2D eigenvalue weighted by Gasteiger charge is -2.06. The molecule has 0 radical (unpaired) electrons. The molecule has 0 atom stereocenters. The van der Waals surface area contributed by atoms with Crippen LogP contribution in [0.15, 0.2) is 8.95 Å². The van der Waals surface area contributed by atoms with Crippen molar-refractivity contribution >= 4 is 31.9 Å². The topological polar surface area (TPSA) is 88.0 Å². The molecule has 0 aliphatic rings. The SMILES string of the molecule is N#Cc1c(O)c(Br)c(Br)c(O)c1C#N. The van der Waals surface area contributed by atoms with Gasteiger partial charge in [0.25, 0.3) is 0 Å². The Bertz CT molecular complexity index is 441. The first-order chi connectivity index (χ1) is 6.54. The lowest BCUT2D eigenvalue weighted by atomic mass is 10.1. The predicted molar refractivity (Wildman–Crippen MR) is 54.6 cm³/mol. The standard InChI is InChI=1S/C8H2Br2N2O2/c9-5-6(10)8(14)4(2-12)3(1-11)7(5)13/h13-14H. The van der Waals surface area contributed by atoms with E-state index in [0.717, 1.165) is 0 Å². The lowest BCUT2D eigenvalue weighted by molar-refractivity contribution is 0.451. The van der Waals surface area contributed by atoms with E-state index in [4.69, 9.17) is 10.5 Å². The van der Waals surface area contributed by atoms with Crippen molar-refractivity contribution in [1.29, 1.82) is 10.5 Å². The highest BCUT2D eigenvalue weighted by atomic mass is 79.9. The highest BCUT2D eigenvalue weighted by Crippen LogP contribution is 2.43. The third kappa shape index (κ3) is 1.43. The van der Waals surface area contributed by atoms with Gasteiger partial charge in [0, 0.05) is 0 Å². The van der Waals surface area contributed by atoms with Gasteiger partial charge in [-0.15, -0.1) is 0 Å². The van der Waals surface area contributed by atoms with Crippen LogP contribution in [0, 0.1) is 22.7 Å². The first kappa shape index (κ1) is 10.8. The van der Waals surface area contributed by atoms with Crippen molar-refractivity contribution in [2.75, 3.05) is 0 Å². The summed E-state index contributed by atoms with van der Waals surface area (Å²) in [6.07, 6.45) is 0. The Hall–Kier alpha value is -1.24. The Balaban J connectivity index is 3.79. The predicted octanol–water partition coefficient (Wildman–Crippen LogP) is 2.37. The maximum Gasteiger partial charge on any atom is 0.150 e. The molecule has 0 fully saturated rings. The van der Waals surface area contributed by atoms with Gasteiger partial charge in [0.15, 0.2) is 0 Å². The second kappa shape index (κ2) is 3.87. The van der Waals surface area contributed by atoms with Crippen molar-refractivity contribution in [3.05, 3.63) is 20.1 Å². The molecular weight excluding hydrogens is 316 g/mol.